The van der Waals surface area contributed by atoms with E-state index in [1.807, 2.05) is 0 Å². The van der Waals surface area contributed by atoms with Crippen LogP contribution in [-0.2, 0) is 21.1 Å². The molecule has 1 heterocycles. The van der Waals surface area contributed by atoms with Gasteiger partial charge in [-0.1, -0.05) is 23.2 Å². The van der Waals surface area contributed by atoms with E-state index in [-0.39, 0.29) is 32.8 Å². The van der Waals surface area contributed by atoms with Gasteiger partial charge in [0.05, 0.1) is 27.5 Å². The number of amides is 1. The van der Waals surface area contributed by atoms with Crippen molar-refractivity contribution in [2.24, 2.45) is 0 Å². The van der Waals surface area contributed by atoms with E-state index in [4.69, 9.17) is 37.8 Å². The number of carbonyl (C=O) groups is 3. The maximum atomic E-state index is 13.4. The van der Waals surface area contributed by atoms with Gasteiger partial charge in [-0.05, 0) is 36.8 Å². The molecule has 0 unspecified atom stereocenters. The Hall–Kier alpha value is -4.22. The van der Waals surface area contributed by atoms with Gasteiger partial charge in [-0.2, -0.15) is 9.78 Å². The molecule has 3 aromatic rings. The zero-order chi connectivity index (χ0) is 26.4. The molecule has 0 saturated heterocycles. The van der Waals surface area contributed by atoms with E-state index in [9.17, 15) is 23.6 Å². The fourth-order valence-electron chi connectivity index (χ4n) is 2.75. The molecule has 3 rings (SSSR count). The molecule has 0 radical (unpaired) electrons. The topological polar surface area (TPSA) is 137 Å². The molecule has 1 aromatic heterocycles. The van der Waals surface area contributed by atoms with Gasteiger partial charge in [0.1, 0.15) is 17.3 Å². The second-order valence-electron chi connectivity index (χ2n) is 7.07. The average molecular weight is 536 g/mol. The molecule has 0 atom stereocenters. The molecule has 36 heavy (non-hydrogen) atoms. The van der Waals surface area contributed by atoms with E-state index in [1.54, 1.807) is 6.92 Å². The number of carboxylic acid groups (broad SMARTS) is 1. The van der Waals surface area contributed by atoms with Crippen LogP contribution in [0.5, 0.6) is 11.5 Å². The van der Waals surface area contributed by atoms with Gasteiger partial charge in [-0.15, -0.1) is 0 Å². The number of aryl methyl sites for hydroxylation is 1. The summed E-state index contributed by atoms with van der Waals surface area (Å²) in [6, 6.07) is 7.46. The van der Waals surface area contributed by atoms with E-state index in [2.05, 4.69) is 10.4 Å². The van der Waals surface area contributed by atoms with Crippen molar-refractivity contribution < 1.29 is 33.4 Å². The van der Waals surface area contributed by atoms with Crippen LogP contribution in [0, 0.1) is 12.7 Å². The molecule has 186 valence electrons. The van der Waals surface area contributed by atoms with Gasteiger partial charge in [0.25, 0.3) is 11.5 Å². The number of rotatable bonds is 8. The SMILES string of the molecule is Cc1cc(F)ccc1Oc1cc(Cl)c(Cl)cc1C(=O)Nc1cnn(COC(=O)/C=C/C(=O)O)c(=O)c1. The lowest BCUT2D eigenvalue weighted by Gasteiger charge is -2.14. The van der Waals surface area contributed by atoms with Crippen molar-refractivity contribution in [1.29, 1.82) is 0 Å². The van der Waals surface area contributed by atoms with Crippen LogP contribution >= 0.6 is 23.2 Å². The van der Waals surface area contributed by atoms with Crippen LogP contribution < -0.4 is 15.6 Å². The first-order chi connectivity index (χ1) is 17.0. The summed E-state index contributed by atoms with van der Waals surface area (Å²) >= 11 is 12.2. The number of carboxylic acids is 1. The predicted octanol–water partition coefficient (Wildman–Crippen LogP) is 4.18. The van der Waals surface area contributed by atoms with Gasteiger partial charge in [-0.3, -0.25) is 9.59 Å². The highest BCUT2D eigenvalue weighted by atomic mass is 35.5. The number of nitrogens with one attached hydrogen (secondary N) is 1. The maximum Gasteiger partial charge on any atom is 0.332 e. The number of ether oxygens (including phenoxy) is 2. The Morgan fingerprint density at radius 2 is 1.83 bits per heavy atom. The zero-order valence-corrected chi connectivity index (χ0v) is 19.8. The number of benzene rings is 2. The van der Waals surface area contributed by atoms with Crippen LogP contribution in [0.15, 0.2) is 59.5 Å². The molecule has 0 fully saturated rings. The highest BCUT2D eigenvalue weighted by Crippen LogP contribution is 2.35. The van der Waals surface area contributed by atoms with Crippen molar-refractivity contribution in [2.75, 3.05) is 5.32 Å². The summed E-state index contributed by atoms with van der Waals surface area (Å²) in [7, 11) is 0. The molecule has 2 N–H and O–H groups in total. The van der Waals surface area contributed by atoms with E-state index in [1.165, 1.54) is 30.3 Å². The Morgan fingerprint density at radius 1 is 1.11 bits per heavy atom. The maximum absolute atomic E-state index is 13.4. The van der Waals surface area contributed by atoms with Crippen molar-refractivity contribution in [3.05, 3.63) is 92.1 Å². The number of hydrogen-bond donors (Lipinski definition) is 2. The van der Waals surface area contributed by atoms with E-state index in [0.717, 1.165) is 16.9 Å². The summed E-state index contributed by atoms with van der Waals surface area (Å²) in [4.78, 5) is 47.0. The first kappa shape index (κ1) is 26.4. The number of aliphatic carboxylic acids is 1. The lowest BCUT2D eigenvalue weighted by Crippen LogP contribution is -2.25. The monoisotopic (exact) mass is 535 g/mol. The smallest absolute Gasteiger partial charge is 0.332 e. The van der Waals surface area contributed by atoms with Crippen LogP contribution in [0.3, 0.4) is 0 Å². The number of aromatic nitrogens is 2. The van der Waals surface area contributed by atoms with Crippen LogP contribution in [-0.4, -0.2) is 32.7 Å². The molecular weight excluding hydrogens is 520 g/mol. The highest BCUT2D eigenvalue weighted by Gasteiger charge is 2.18. The molecule has 0 spiro atoms. The normalized spacial score (nSPS) is 10.8. The van der Waals surface area contributed by atoms with Gasteiger partial charge in [0.15, 0.2) is 6.73 Å². The Bertz CT molecular complexity index is 1440. The Kier molecular flexibility index (Phi) is 8.41. The van der Waals surface area contributed by atoms with Crippen molar-refractivity contribution in [3.63, 3.8) is 0 Å². The molecule has 0 saturated carbocycles. The predicted molar refractivity (Wildman–Crippen MR) is 127 cm³/mol. The fourth-order valence-corrected chi connectivity index (χ4v) is 3.06. The number of hydrogen-bond acceptors (Lipinski definition) is 7. The van der Waals surface area contributed by atoms with Crippen molar-refractivity contribution in [1.82, 2.24) is 9.78 Å². The minimum absolute atomic E-state index is 0.00772. The molecule has 10 nitrogen and oxygen atoms in total. The molecule has 0 aliphatic carbocycles. The largest absolute Gasteiger partial charge is 0.478 e. The van der Waals surface area contributed by atoms with Crippen molar-refractivity contribution in [2.45, 2.75) is 13.7 Å². The highest BCUT2D eigenvalue weighted by molar-refractivity contribution is 6.42. The summed E-state index contributed by atoms with van der Waals surface area (Å²) in [5.74, 6) is -3.20. The van der Waals surface area contributed by atoms with Gasteiger partial charge < -0.3 is 19.9 Å². The third-order valence-electron chi connectivity index (χ3n) is 4.44. The van der Waals surface area contributed by atoms with E-state index >= 15 is 0 Å². The Morgan fingerprint density at radius 3 is 2.50 bits per heavy atom. The quantitative estimate of drug-likeness (QED) is 0.323. The van der Waals surface area contributed by atoms with E-state index in [0.29, 0.717) is 17.7 Å². The average Bonchev–Trinajstić information content (AvgIpc) is 2.81. The third-order valence-corrected chi connectivity index (χ3v) is 5.16. The van der Waals surface area contributed by atoms with Crippen LogP contribution in [0.2, 0.25) is 10.0 Å². The van der Waals surface area contributed by atoms with Crippen molar-refractivity contribution in [3.8, 4) is 11.5 Å². The van der Waals surface area contributed by atoms with Crippen LogP contribution in [0.4, 0.5) is 10.1 Å². The number of nitrogens with zero attached hydrogens (tertiary/aromatic N) is 2. The lowest BCUT2D eigenvalue weighted by molar-refractivity contribution is -0.142. The Labute approximate surface area is 212 Å². The standard InChI is InChI=1S/C23H16Cl2FN3O7/c1-12-6-13(26)2-3-18(12)36-19-9-17(25)16(24)8-15(19)23(34)28-14-7-20(30)29(27-10-14)11-35-22(33)5-4-21(31)32/h2-10H,11H2,1H3,(H,28,34)(H,31,32)/b5-4+. The zero-order valence-electron chi connectivity index (χ0n) is 18.3. The summed E-state index contributed by atoms with van der Waals surface area (Å²) in [5, 5.41) is 14.9. The number of halogens is 3. The summed E-state index contributed by atoms with van der Waals surface area (Å²) in [6.07, 6.45) is 2.38. The minimum Gasteiger partial charge on any atom is -0.478 e. The number of anilines is 1. The van der Waals surface area contributed by atoms with Gasteiger partial charge in [-0.25, -0.2) is 14.0 Å². The summed E-state index contributed by atoms with van der Waals surface area (Å²) in [6.45, 7) is 1.04. The molecule has 0 bridgehead atoms. The van der Waals surface area contributed by atoms with Crippen LogP contribution in [0.1, 0.15) is 15.9 Å². The molecule has 2 aromatic carbocycles. The Balaban J connectivity index is 1.78. The van der Waals surface area contributed by atoms with Gasteiger partial charge >= 0.3 is 11.9 Å². The van der Waals surface area contributed by atoms with Gasteiger partial charge in [0, 0.05) is 24.3 Å². The molecule has 0 aliphatic rings. The first-order valence-electron chi connectivity index (χ1n) is 9.93. The number of esters is 1. The summed E-state index contributed by atoms with van der Waals surface area (Å²) < 4.78 is 24.7. The van der Waals surface area contributed by atoms with Gasteiger partial charge in [0.2, 0.25) is 0 Å². The third kappa shape index (κ3) is 6.90. The minimum atomic E-state index is -1.34. The molecule has 13 heteroatoms. The van der Waals surface area contributed by atoms with Crippen LogP contribution in [0.25, 0.3) is 0 Å². The second kappa shape index (κ2) is 11.5. The number of carbonyl (C=O) groups excluding carboxylic acids is 2. The first-order valence-corrected chi connectivity index (χ1v) is 10.7. The molecule has 1 amide bonds. The summed E-state index contributed by atoms with van der Waals surface area (Å²) in [5.41, 5.74) is -0.278. The van der Waals surface area contributed by atoms with E-state index < -0.39 is 36.0 Å². The molecular formula is C23H16Cl2FN3O7. The molecule has 0 aliphatic heterocycles. The fraction of sp³-hybridized carbons (Fsp3) is 0.0870. The van der Waals surface area contributed by atoms with Crippen molar-refractivity contribution >= 4 is 46.7 Å². The lowest BCUT2D eigenvalue weighted by atomic mass is 10.1. The second-order valence-corrected chi connectivity index (χ2v) is 7.89.